The number of ketones is 4. The van der Waals surface area contributed by atoms with Gasteiger partial charge in [-0.05, 0) is 48.2 Å². The molecular formula is C30H22Cl2N2O6. The lowest BCUT2D eigenvalue weighted by molar-refractivity contribution is -0.123. The number of hydrogen-bond acceptors (Lipinski definition) is 6. The molecule has 2 aliphatic rings. The van der Waals surface area contributed by atoms with Gasteiger partial charge in [-0.1, -0.05) is 59.6 Å². The summed E-state index contributed by atoms with van der Waals surface area (Å²) in [6.07, 6.45) is 0.791. The first-order valence-electron chi connectivity index (χ1n) is 12.6. The highest BCUT2D eigenvalue weighted by molar-refractivity contribution is 6.39. The van der Waals surface area contributed by atoms with E-state index >= 15 is 0 Å². The quantitative estimate of drug-likeness (QED) is 0.394. The van der Waals surface area contributed by atoms with Crippen LogP contribution in [-0.2, 0) is 22.4 Å². The molecule has 0 fully saturated rings. The predicted octanol–water partition coefficient (Wildman–Crippen LogP) is 3.70. The SMILES string of the molecule is O=C(NCCc1ccccc1Cl)C1C(=O)c2cc3c(cc2C1=O)C(=O)C(C(=O)NCCc1ccccc1Cl)C3=O. The second-order valence-electron chi connectivity index (χ2n) is 9.53. The molecule has 0 unspecified atom stereocenters. The van der Waals surface area contributed by atoms with Crippen LogP contribution in [-0.4, -0.2) is 48.0 Å². The van der Waals surface area contributed by atoms with Crippen LogP contribution >= 0.6 is 23.2 Å². The van der Waals surface area contributed by atoms with E-state index in [4.69, 9.17) is 23.2 Å². The number of nitrogens with one attached hydrogen (secondary N) is 2. The van der Waals surface area contributed by atoms with Crippen LogP contribution in [0.2, 0.25) is 10.0 Å². The summed E-state index contributed by atoms with van der Waals surface area (Å²) in [5, 5.41) is 6.26. The number of Topliss-reactive ketones (excluding diaryl/α,β-unsaturated/α-hetero) is 4. The van der Waals surface area contributed by atoms with E-state index in [-0.39, 0.29) is 35.3 Å². The summed E-state index contributed by atoms with van der Waals surface area (Å²) in [6, 6.07) is 16.5. The average Bonchev–Trinajstić information content (AvgIpc) is 3.33. The van der Waals surface area contributed by atoms with Crippen LogP contribution in [0.15, 0.2) is 60.7 Å². The molecule has 0 spiro atoms. The van der Waals surface area contributed by atoms with Gasteiger partial charge in [0.15, 0.2) is 35.0 Å². The normalized spacial score (nSPS) is 14.8. The molecule has 3 aromatic carbocycles. The molecular weight excluding hydrogens is 555 g/mol. The number of fused-ring (bicyclic) bond motifs is 2. The summed E-state index contributed by atoms with van der Waals surface area (Å²) in [7, 11) is 0. The number of halogens is 2. The molecule has 0 aliphatic heterocycles. The van der Waals surface area contributed by atoms with Gasteiger partial charge in [0.25, 0.3) is 0 Å². The Hall–Kier alpha value is -4.14. The average molecular weight is 577 g/mol. The maximum absolute atomic E-state index is 13.1. The van der Waals surface area contributed by atoms with E-state index in [2.05, 4.69) is 10.6 Å². The van der Waals surface area contributed by atoms with Crippen molar-refractivity contribution in [3.8, 4) is 0 Å². The second-order valence-corrected chi connectivity index (χ2v) is 10.3. The maximum atomic E-state index is 13.1. The molecule has 40 heavy (non-hydrogen) atoms. The summed E-state index contributed by atoms with van der Waals surface area (Å²) in [4.78, 5) is 77.8. The Morgan fingerprint density at radius 2 is 0.900 bits per heavy atom. The van der Waals surface area contributed by atoms with Gasteiger partial charge in [-0.15, -0.1) is 0 Å². The van der Waals surface area contributed by atoms with E-state index in [9.17, 15) is 28.8 Å². The molecule has 0 saturated heterocycles. The van der Waals surface area contributed by atoms with Gasteiger partial charge in [0, 0.05) is 45.4 Å². The smallest absolute Gasteiger partial charge is 0.238 e. The summed E-state index contributed by atoms with van der Waals surface area (Å²) in [5.74, 6) is -7.80. The van der Waals surface area contributed by atoms with Crippen LogP contribution in [0.1, 0.15) is 52.6 Å². The number of hydrogen-bond donors (Lipinski definition) is 2. The highest BCUT2D eigenvalue weighted by Gasteiger charge is 2.48. The van der Waals surface area contributed by atoms with Gasteiger partial charge in [-0.2, -0.15) is 0 Å². The molecule has 10 heteroatoms. The van der Waals surface area contributed by atoms with Crippen LogP contribution in [0.3, 0.4) is 0 Å². The molecule has 202 valence electrons. The van der Waals surface area contributed by atoms with Gasteiger partial charge in [0.05, 0.1) is 0 Å². The fourth-order valence-corrected chi connectivity index (χ4v) is 5.46. The third-order valence-electron chi connectivity index (χ3n) is 7.10. The lowest BCUT2D eigenvalue weighted by atomic mass is 10.0. The number of carbonyl (C=O) groups is 6. The fraction of sp³-hybridized carbons (Fsp3) is 0.200. The van der Waals surface area contributed by atoms with Crippen molar-refractivity contribution in [3.05, 3.63) is 104 Å². The van der Waals surface area contributed by atoms with E-state index in [0.29, 0.717) is 22.9 Å². The van der Waals surface area contributed by atoms with Gasteiger partial charge < -0.3 is 10.6 Å². The lowest BCUT2D eigenvalue weighted by Gasteiger charge is -2.10. The van der Waals surface area contributed by atoms with Crippen molar-refractivity contribution in [1.29, 1.82) is 0 Å². The Labute approximate surface area is 239 Å². The Kier molecular flexibility index (Phi) is 7.65. The minimum absolute atomic E-state index is 0.115. The highest BCUT2D eigenvalue weighted by atomic mass is 35.5. The van der Waals surface area contributed by atoms with Crippen LogP contribution in [0.5, 0.6) is 0 Å². The van der Waals surface area contributed by atoms with Gasteiger partial charge >= 0.3 is 0 Å². The van der Waals surface area contributed by atoms with E-state index in [1.165, 1.54) is 0 Å². The summed E-state index contributed by atoms with van der Waals surface area (Å²) < 4.78 is 0. The first-order chi connectivity index (χ1) is 19.2. The van der Waals surface area contributed by atoms with E-state index in [0.717, 1.165) is 23.3 Å². The minimum Gasteiger partial charge on any atom is -0.355 e. The topological polar surface area (TPSA) is 126 Å². The van der Waals surface area contributed by atoms with E-state index in [1.807, 2.05) is 0 Å². The molecule has 0 heterocycles. The van der Waals surface area contributed by atoms with Crippen molar-refractivity contribution in [2.75, 3.05) is 13.1 Å². The summed E-state index contributed by atoms with van der Waals surface area (Å²) in [5.41, 5.74) is 1.14. The van der Waals surface area contributed by atoms with Crippen molar-refractivity contribution in [2.24, 2.45) is 11.8 Å². The fourth-order valence-electron chi connectivity index (χ4n) is 5.00. The van der Waals surface area contributed by atoms with Crippen molar-refractivity contribution in [1.82, 2.24) is 10.6 Å². The van der Waals surface area contributed by atoms with Crippen molar-refractivity contribution in [2.45, 2.75) is 12.8 Å². The molecule has 2 N–H and O–H groups in total. The molecule has 0 aromatic heterocycles. The van der Waals surface area contributed by atoms with Gasteiger partial charge in [-0.3, -0.25) is 28.8 Å². The monoisotopic (exact) mass is 576 g/mol. The number of benzene rings is 3. The van der Waals surface area contributed by atoms with Crippen LogP contribution in [0.4, 0.5) is 0 Å². The van der Waals surface area contributed by atoms with Crippen molar-refractivity contribution in [3.63, 3.8) is 0 Å². The van der Waals surface area contributed by atoms with Crippen LogP contribution < -0.4 is 10.6 Å². The Balaban J connectivity index is 1.26. The van der Waals surface area contributed by atoms with Crippen molar-refractivity contribution < 1.29 is 28.8 Å². The number of carbonyl (C=O) groups excluding carboxylic acids is 6. The molecule has 2 aliphatic carbocycles. The number of amides is 2. The molecule has 5 rings (SSSR count). The second kappa shape index (κ2) is 11.2. The zero-order valence-corrected chi connectivity index (χ0v) is 22.5. The largest absolute Gasteiger partial charge is 0.355 e. The molecule has 0 bridgehead atoms. The molecule has 0 saturated carbocycles. The first-order valence-corrected chi connectivity index (χ1v) is 13.3. The Morgan fingerprint density at radius 3 is 1.23 bits per heavy atom. The Bertz CT molecular complexity index is 1450. The maximum Gasteiger partial charge on any atom is 0.238 e. The molecule has 0 atom stereocenters. The number of rotatable bonds is 8. The zero-order valence-electron chi connectivity index (χ0n) is 21.0. The minimum atomic E-state index is -1.61. The molecule has 2 amide bonds. The highest BCUT2D eigenvalue weighted by Crippen LogP contribution is 2.35. The van der Waals surface area contributed by atoms with Gasteiger partial charge in [0.1, 0.15) is 0 Å². The van der Waals surface area contributed by atoms with E-state index < -0.39 is 46.8 Å². The van der Waals surface area contributed by atoms with Gasteiger partial charge in [0.2, 0.25) is 11.8 Å². The summed E-state index contributed by atoms with van der Waals surface area (Å²) in [6.45, 7) is 0.299. The zero-order chi connectivity index (χ0) is 28.6. The standard InChI is InChI=1S/C30H22Cl2N2O6/c31-21-7-3-1-5-15(21)9-11-33-29(39)23-25(35)17-13-19-20(14-18(17)26(23)36)28(38)24(27(19)37)30(40)34-12-10-16-6-2-4-8-22(16)32/h1-8,13-14,23-24H,9-12H2,(H,33,39)(H,34,40). The first kappa shape index (κ1) is 27.4. The lowest BCUT2D eigenvalue weighted by Crippen LogP contribution is -2.38. The molecule has 3 aromatic rings. The van der Waals surface area contributed by atoms with Gasteiger partial charge in [-0.25, -0.2) is 0 Å². The molecule has 0 radical (unpaired) electrons. The predicted molar refractivity (Wildman–Crippen MR) is 147 cm³/mol. The third kappa shape index (κ3) is 4.96. The van der Waals surface area contributed by atoms with Crippen LogP contribution in [0.25, 0.3) is 0 Å². The van der Waals surface area contributed by atoms with Crippen LogP contribution in [0, 0.1) is 11.8 Å². The Morgan fingerprint density at radius 1 is 0.575 bits per heavy atom. The van der Waals surface area contributed by atoms with Crippen molar-refractivity contribution >= 4 is 58.1 Å². The third-order valence-corrected chi connectivity index (χ3v) is 7.83. The van der Waals surface area contributed by atoms with E-state index in [1.54, 1.807) is 48.5 Å². The summed E-state index contributed by atoms with van der Waals surface area (Å²) >= 11 is 12.3. The molecule has 8 nitrogen and oxygen atoms in total.